The van der Waals surface area contributed by atoms with Crippen LogP contribution in [-0.2, 0) is 17.8 Å². The van der Waals surface area contributed by atoms with Gasteiger partial charge >= 0.3 is 0 Å². The Morgan fingerprint density at radius 3 is 2.59 bits per heavy atom. The first kappa shape index (κ1) is 26.5. The fourth-order valence-electron chi connectivity index (χ4n) is 4.85. The van der Waals surface area contributed by atoms with Crippen LogP contribution in [0.25, 0.3) is 0 Å². The molecule has 0 spiro atoms. The van der Waals surface area contributed by atoms with Gasteiger partial charge in [-0.15, -0.1) is 0 Å². The maximum atomic E-state index is 14.2. The highest BCUT2D eigenvalue weighted by molar-refractivity contribution is 5.91. The molecule has 0 saturated heterocycles. The molecule has 196 valence electrons. The standard InChI is InChI=1S/C30H35FN2O4/c1-5-32(6-2)30(35)27-13-12-25(37-27)19-36-24-11-10-21-14-15-33(28(34)16-20(3)4)29(26(21)18-24)22-8-7-9-23(31)17-22/h7-13,17-18,20,29H,5-6,14-16,19H2,1-4H3. The van der Waals surface area contributed by atoms with Crippen LogP contribution >= 0.6 is 0 Å². The quantitative estimate of drug-likeness (QED) is 0.357. The summed E-state index contributed by atoms with van der Waals surface area (Å²) in [6, 6.07) is 15.3. The van der Waals surface area contributed by atoms with Crippen molar-refractivity contribution in [2.24, 2.45) is 5.92 Å². The number of nitrogens with zero attached hydrogens (tertiary/aromatic N) is 2. The van der Waals surface area contributed by atoms with Crippen molar-refractivity contribution in [3.05, 3.63) is 88.6 Å². The van der Waals surface area contributed by atoms with E-state index in [1.807, 2.05) is 56.9 Å². The van der Waals surface area contributed by atoms with Gasteiger partial charge in [0, 0.05) is 26.1 Å². The van der Waals surface area contributed by atoms with Gasteiger partial charge in [0.25, 0.3) is 5.91 Å². The molecule has 1 atom stereocenters. The van der Waals surface area contributed by atoms with Crippen LogP contribution in [0.5, 0.6) is 5.75 Å². The van der Waals surface area contributed by atoms with Gasteiger partial charge in [-0.2, -0.15) is 0 Å². The predicted molar refractivity (Wildman–Crippen MR) is 140 cm³/mol. The number of carbonyl (C=O) groups excluding carboxylic acids is 2. The van der Waals surface area contributed by atoms with E-state index in [2.05, 4.69) is 0 Å². The molecule has 0 bridgehead atoms. The fourth-order valence-corrected chi connectivity index (χ4v) is 4.85. The van der Waals surface area contributed by atoms with Crippen LogP contribution in [0.2, 0.25) is 0 Å². The number of rotatable bonds is 9. The second-order valence-electron chi connectivity index (χ2n) is 9.79. The molecule has 2 aromatic carbocycles. The number of hydrogen-bond donors (Lipinski definition) is 0. The van der Waals surface area contributed by atoms with Crippen molar-refractivity contribution in [2.45, 2.75) is 53.2 Å². The van der Waals surface area contributed by atoms with Crippen molar-refractivity contribution < 1.29 is 23.1 Å². The van der Waals surface area contributed by atoms with Gasteiger partial charge in [-0.3, -0.25) is 9.59 Å². The van der Waals surface area contributed by atoms with Crippen molar-refractivity contribution in [1.82, 2.24) is 9.80 Å². The lowest BCUT2D eigenvalue weighted by atomic mass is 9.87. The van der Waals surface area contributed by atoms with E-state index in [0.29, 0.717) is 43.3 Å². The smallest absolute Gasteiger partial charge is 0.289 e. The zero-order valence-corrected chi connectivity index (χ0v) is 22.0. The van der Waals surface area contributed by atoms with Gasteiger partial charge in [-0.25, -0.2) is 4.39 Å². The summed E-state index contributed by atoms with van der Waals surface area (Å²) in [5.41, 5.74) is 2.78. The monoisotopic (exact) mass is 506 g/mol. The molecule has 2 heterocycles. The molecule has 6 nitrogen and oxygen atoms in total. The lowest BCUT2D eigenvalue weighted by molar-refractivity contribution is -0.134. The van der Waals surface area contributed by atoms with E-state index in [9.17, 15) is 14.0 Å². The van der Waals surface area contributed by atoms with Crippen LogP contribution in [0.15, 0.2) is 59.0 Å². The van der Waals surface area contributed by atoms with Crippen LogP contribution in [0.4, 0.5) is 4.39 Å². The molecule has 1 aliphatic heterocycles. The first-order chi connectivity index (χ1) is 17.8. The molecule has 0 saturated carbocycles. The molecule has 7 heteroatoms. The van der Waals surface area contributed by atoms with E-state index in [1.54, 1.807) is 23.1 Å². The minimum Gasteiger partial charge on any atom is -0.486 e. The summed E-state index contributed by atoms with van der Waals surface area (Å²) >= 11 is 0. The van der Waals surface area contributed by atoms with Gasteiger partial charge in [0.15, 0.2) is 5.76 Å². The first-order valence-corrected chi connectivity index (χ1v) is 13.0. The Bertz CT molecular complexity index is 1250. The van der Waals surface area contributed by atoms with Crippen LogP contribution in [-0.4, -0.2) is 41.2 Å². The number of fused-ring (bicyclic) bond motifs is 1. The highest BCUT2D eigenvalue weighted by atomic mass is 19.1. The molecule has 0 fully saturated rings. The van der Waals surface area contributed by atoms with Gasteiger partial charge in [-0.1, -0.05) is 32.0 Å². The van der Waals surface area contributed by atoms with Crippen molar-refractivity contribution in [3.8, 4) is 5.75 Å². The highest BCUT2D eigenvalue weighted by Gasteiger charge is 2.32. The Morgan fingerprint density at radius 2 is 1.89 bits per heavy atom. The Morgan fingerprint density at radius 1 is 1.11 bits per heavy atom. The number of hydrogen-bond acceptors (Lipinski definition) is 4. The molecule has 0 radical (unpaired) electrons. The Kier molecular flexibility index (Phi) is 8.31. The molecular weight excluding hydrogens is 471 g/mol. The normalized spacial score (nSPS) is 15.0. The fraction of sp³-hybridized carbons (Fsp3) is 0.400. The topological polar surface area (TPSA) is 63.0 Å². The summed E-state index contributed by atoms with van der Waals surface area (Å²) in [5.74, 6) is 1.26. The van der Waals surface area contributed by atoms with Crippen molar-refractivity contribution in [3.63, 3.8) is 0 Å². The molecular formula is C30H35FN2O4. The second kappa shape index (κ2) is 11.6. The number of amides is 2. The molecule has 1 aromatic heterocycles. The third-order valence-electron chi connectivity index (χ3n) is 6.72. The van der Waals surface area contributed by atoms with Gasteiger partial charge in [0.1, 0.15) is 23.9 Å². The molecule has 0 aliphatic carbocycles. The number of benzene rings is 2. The first-order valence-electron chi connectivity index (χ1n) is 13.0. The number of carbonyl (C=O) groups is 2. The van der Waals surface area contributed by atoms with Crippen molar-refractivity contribution >= 4 is 11.8 Å². The zero-order chi connectivity index (χ0) is 26.5. The molecule has 3 aromatic rings. The SMILES string of the molecule is CCN(CC)C(=O)c1ccc(COc2ccc3c(c2)C(c2cccc(F)c2)N(C(=O)CC(C)C)CC3)o1. The van der Waals surface area contributed by atoms with Gasteiger partial charge in [0.05, 0.1) is 6.04 Å². The van der Waals surface area contributed by atoms with Gasteiger partial charge in [0.2, 0.25) is 5.91 Å². The minimum absolute atomic E-state index is 0.0576. The highest BCUT2D eigenvalue weighted by Crippen LogP contribution is 2.38. The summed E-state index contributed by atoms with van der Waals surface area (Å²) in [6.45, 7) is 9.86. The van der Waals surface area contributed by atoms with Crippen molar-refractivity contribution in [2.75, 3.05) is 19.6 Å². The van der Waals surface area contributed by atoms with E-state index in [4.69, 9.17) is 9.15 Å². The van der Waals surface area contributed by atoms with E-state index in [0.717, 1.165) is 23.1 Å². The van der Waals surface area contributed by atoms with Gasteiger partial charge < -0.3 is 19.0 Å². The van der Waals surface area contributed by atoms with Crippen LogP contribution in [0.1, 0.15) is 73.2 Å². The average Bonchev–Trinajstić information content (AvgIpc) is 3.36. The van der Waals surface area contributed by atoms with Crippen LogP contribution in [0.3, 0.4) is 0 Å². The summed E-state index contributed by atoms with van der Waals surface area (Å²) in [4.78, 5) is 29.3. The Labute approximate surface area is 218 Å². The number of ether oxygens (including phenoxy) is 1. The number of halogens is 1. The molecule has 1 unspecified atom stereocenters. The van der Waals surface area contributed by atoms with Crippen molar-refractivity contribution in [1.29, 1.82) is 0 Å². The zero-order valence-electron chi connectivity index (χ0n) is 22.0. The van der Waals surface area contributed by atoms with E-state index in [1.165, 1.54) is 12.1 Å². The third kappa shape index (κ3) is 6.04. The lowest BCUT2D eigenvalue weighted by Gasteiger charge is -2.38. The maximum Gasteiger partial charge on any atom is 0.289 e. The second-order valence-corrected chi connectivity index (χ2v) is 9.79. The van der Waals surface area contributed by atoms with E-state index in [-0.39, 0.29) is 30.2 Å². The Balaban J connectivity index is 1.58. The van der Waals surface area contributed by atoms with Crippen LogP contribution in [0, 0.1) is 11.7 Å². The van der Waals surface area contributed by atoms with Gasteiger partial charge in [-0.05, 0) is 79.3 Å². The molecule has 4 rings (SSSR count). The largest absolute Gasteiger partial charge is 0.486 e. The average molecular weight is 507 g/mol. The summed E-state index contributed by atoms with van der Waals surface area (Å²) in [7, 11) is 0. The molecule has 1 aliphatic rings. The van der Waals surface area contributed by atoms with E-state index >= 15 is 0 Å². The molecule has 37 heavy (non-hydrogen) atoms. The van der Waals surface area contributed by atoms with E-state index < -0.39 is 6.04 Å². The third-order valence-corrected chi connectivity index (χ3v) is 6.72. The molecule has 0 N–H and O–H groups in total. The lowest BCUT2D eigenvalue weighted by Crippen LogP contribution is -2.41. The van der Waals surface area contributed by atoms with Crippen LogP contribution < -0.4 is 4.74 Å². The summed E-state index contributed by atoms with van der Waals surface area (Å²) < 4.78 is 26.0. The number of furan rings is 1. The maximum absolute atomic E-state index is 14.2. The minimum atomic E-state index is -0.392. The Hall–Kier alpha value is -3.61. The summed E-state index contributed by atoms with van der Waals surface area (Å²) in [5, 5.41) is 0. The molecule has 2 amide bonds. The predicted octanol–water partition coefficient (Wildman–Crippen LogP) is 6.00. The summed E-state index contributed by atoms with van der Waals surface area (Å²) in [6.07, 6.45) is 1.16.